The highest BCUT2D eigenvalue weighted by molar-refractivity contribution is 5.96. The van der Waals surface area contributed by atoms with Gasteiger partial charge in [0.25, 0.3) is 23.7 Å². The molecule has 0 unspecified atom stereocenters. The minimum absolute atomic E-state index is 0.0429. The highest BCUT2D eigenvalue weighted by atomic mass is 19.4. The number of alkyl halides is 10. The van der Waals surface area contributed by atoms with Crippen LogP contribution in [0.5, 0.6) is 0 Å². The molecule has 10 rings (SSSR count). The van der Waals surface area contributed by atoms with E-state index < -0.39 is 84.7 Å². The third-order valence-corrected chi connectivity index (χ3v) is 13.0. The second-order valence-corrected chi connectivity index (χ2v) is 19.0. The van der Waals surface area contributed by atoms with E-state index >= 15 is 0 Å². The molecule has 2 saturated heterocycles. The molecule has 6 aromatic heterocycles. The van der Waals surface area contributed by atoms with Crippen molar-refractivity contribution in [3.8, 4) is 22.5 Å². The highest BCUT2D eigenvalue weighted by Gasteiger charge is 2.39. The molecule has 0 spiro atoms. The molecule has 4 N–H and O–H groups in total. The zero-order valence-corrected chi connectivity index (χ0v) is 43.4. The van der Waals surface area contributed by atoms with Crippen LogP contribution in [0.15, 0.2) is 143 Å². The van der Waals surface area contributed by atoms with E-state index in [-0.39, 0.29) is 106 Å². The lowest BCUT2D eigenvalue weighted by atomic mass is 10.0. The van der Waals surface area contributed by atoms with Crippen molar-refractivity contribution in [2.75, 3.05) is 26.2 Å². The molecule has 8 aromatic rings. The van der Waals surface area contributed by atoms with Gasteiger partial charge in [0.2, 0.25) is 5.91 Å². The fourth-order valence-corrected chi connectivity index (χ4v) is 8.66. The number of carbonyl (C=O) groups is 4. The van der Waals surface area contributed by atoms with Crippen LogP contribution in [0, 0.1) is 0 Å². The number of fused-ring (bicyclic) bond motifs is 2. The number of benzene rings is 2. The second kappa shape index (κ2) is 25.3. The fraction of sp³-hybridized carbons (Fsp3) is 0.241. The maximum Gasteiger partial charge on any atom is 0.420 e. The van der Waals surface area contributed by atoms with E-state index in [2.05, 4.69) is 25.3 Å². The van der Waals surface area contributed by atoms with Gasteiger partial charge in [-0.15, -0.1) is 0 Å². The number of nitrogens with two attached hydrogens (primary N) is 1. The van der Waals surface area contributed by atoms with Gasteiger partial charge in [0.15, 0.2) is 0 Å². The standard InChI is InChI=1S/C29H23F5N4O3.C21H18F5N3O2.C8H7NO2/c30-28(31)7-10-38(11-8-28)27(40)19-4-5-24(36-16-19)20-12-21-13-22(41-26(21)23(14-20)29(32,33)34)17-37-25(39)6-3-18-2-1-9-35-15-18;22-20(23)3-5-29(6-4-20)19(30)12-1-2-17(28-11-12)13-7-14-8-15(10-27)31-18(14)16(9-13)21(24,25)26;10-8(11)4-3-7-2-1-5-9-6-7/h1-6,9,12-16H,7-8,10-11,17H2,(H,37,39);1-2,7-9,11H,3-6,10,27H2;1-6H,(H,10,11)/b6-3+;;4-3+. The lowest BCUT2D eigenvalue weighted by Gasteiger charge is -2.31. The molecule has 2 aliphatic rings. The number of hydrogen-bond acceptors (Lipinski definition) is 11. The molecule has 2 aromatic carbocycles. The average Bonchev–Trinajstić information content (AvgIpc) is 4.30. The Labute approximate surface area is 465 Å². The molecule has 15 nitrogen and oxygen atoms in total. The Morgan fingerprint density at radius 1 is 0.602 bits per heavy atom. The van der Waals surface area contributed by atoms with Crippen molar-refractivity contribution in [1.29, 1.82) is 0 Å². The highest BCUT2D eigenvalue weighted by Crippen LogP contribution is 2.41. The monoisotopic (exact) mass is 1160 g/mol. The van der Waals surface area contributed by atoms with Crippen molar-refractivity contribution in [3.63, 3.8) is 0 Å². The first kappa shape index (κ1) is 59.9. The van der Waals surface area contributed by atoms with Gasteiger partial charge in [-0.3, -0.25) is 34.3 Å². The largest absolute Gasteiger partial charge is 0.478 e. The van der Waals surface area contributed by atoms with E-state index in [1.165, 1.54) is 82.9 Å². The Balaban J connectivity index is 0.000000188. The van der Waals surface area contributed by atoms with Gasteiger partial charge in [0.05, 0.1) is 46.7 Å². The number of nitrogens with one attached hydrogen (secondary N) is 1. The van der Waals surface area contributed by atoms with E-state index in [9.17, 15) is 63.1 Å². The number of nitrogens with zero attached hydrogens (tertiary/aromatic N) is 6. The van der Waals surface area contributed by atoms with Crippen molar-refractivity contribution in [3.05, 3.63) is 179 Å². The van der Waals surface area contributed by atoms with Crippen LogP contribution in [0.2, 0.25) is 0 Å². The lowest BCUT2D eigenvalue weighted by molar-refractivity contribution is -0.137. The van der Waals surface area contributed by atoms with Crippen molar-refractivity contribution in [1.82, 2.24) is 35.1 Å². The van der Waals surface area contributed by atoms with Crippen LogP contribution in [0.25, 0.3) is 56.6 Å². The quantitative estimate of drug-likeness (QED) is 0.0816. The number of halogens is 10. The van der Waals surface area contributed by atoms with E-state index in [1.807, 2.05) is 0 Å². The summed E-state index contributed by atoms with van der Waals surface area (Å²) in [6, 6.07) is 20.3. The van der Waals surface area contributed by atoms with Crippen molar-refractivity contribution >= 4 is 57.8 Å². The van der Waals surface area contributed by atoms with Crippen LogP contribution in [0.1, 0.15) is 80.2 Å². The smallest absolute Gasteiger partial charge is 0.420 e. The number of rotatable bonds is 11. The van der Waals surface area contributed by atoms with Gasteiger partial charge in [0, 0.05) is 123 Å². The maximum atomic E-state index is 14.0. The zero-order valence-electron chi connectivity index (χ0n) is 43.4. The first-order valence-electron chi connectivity index (χ1n) is 25.3. The molecule has 0 saturated carbocycles. The van der Waals surface area contributed by atoms with E-state index in [0.717, 1.165) is 23.8 Å². The van der Waals surface area contributed by atoms with Gasteiger partial charge < -0.3 is 34.8 Å². The summed E-state index contributed by atoms with van der Waals surface area (Å²) in [6.07, 6.45) is 3.20. The SMILES string of the molecule is NCc1cc2cc(-c3ccc(C(=O)N4CCC(F)(F)CC4)cn3)cc(C(F)(F)F)c2o1.O=C(/C=C/c1cccnc1)NCc1cc2cc(-c3ccc(C(=O)N4CCC(F)(F)CC4)cn3)cc(C(F)(F)F)c2o1.O=C(O)/C=C/c1cccnc1. The molecule has 8 heterocycles. The number of aliphatic carboxylic acids is 1. The van der Waals surface area contributed by atoms with Crippen LogP contribution in [-0.2, 0) is 35.0 Å². The summed E-state index contributed by atoms with van der Waals surface area (Å²) in [5, 5.41) is 11.2. The van der Waals surface area contributed by atoms with E-state index in [0.29, 0.717) is 5.56 Å². The number of pyridine rings is 4. The molecule has 2 fully saturated rings. The Morgan fingerprint density at radius 2 is 1.04 bits per heavy atom. The third-order valence-electron chi connectivity index (χ3n) is 13.0. The minimum atomic E-state index is -4.74. The van der Waals surface area contributed by atoms with Crippen LogP contribution in [0.3, 0.4) is 0 Å². The number of piperidine rings is 2. The van der Waals surface area contributed by atoms with Crippen molar-refractivity contribution < 1.29 is 77.0 Å². The second-order valence-electron chi connectivity index (χ2n) is 19.0. The van der Waals surface area contributed by atoms with Gasteiger partial charge in [0.1, 0.15) is 22.7 Å². The molecule has 0 atom stereocenters. The van der Waals surface area contributed by atoms with Crippen LogP contribution in [-0.4, -0.2) is 96.6 Å². The molecule has 0 aliphatic carbocycles. The lowest BCUT2D eigenvalue weighted by Crippen LogP contribution is -2.42. The minimum Gasteiger partial charge on any atom is -0.478 e. The Kier molecular flexibility index (Phi) is 18.2. The fourth-order valence-electron chi connectivity index (χ4n) is 8.66. The van der Waals surface area contributed by atoms with Crippen LogP contribution >= 0.6 is 0 Å². The summed E-state index contributed by atoms with van der Waals surface area (Å²) < 4.78 is 147. The van der Waals surface area contributed by atoms with Crippen LogP contribution < -0.4 is 11.1 Å². The summed E-state index contributed by atoms with van der Waals surface area (Å²) in [6.45, 7) is -0.507. The van der Waals surface area contributed by atoms with E-state index in [4.69, 9.17) is 19.7 Å². The molecule has 25 heteroatoms. The summed E-state index contributed by atoms with van der Waals surface area (Å²) in [7, 11) is 0. The molecular weight excluding hydrogens is 1110 g/mol. The summed E-state index contributed by atoms with van der Waals surface area (Å²) in [4.78, 5) is 66.1. The Morgan fingerprint density at radius 3 is 1.42 bits per heavy atom. The molecule has 3 amide bonds. The number of carboxylic acid groups (broad SMARTS) is 1. The van der Waals surface area contributed by atoms with Gasteiger partial charge in [-0.2, -0.15) is 26.3 Å². The number of aromatic nitrogens is 4. The van der Waals surface area contributed by atoms with Crippen molar-refractivity contribution in [2.24, 2.45) is 5.73 Å². The number of amides is 3. The number of likely N-dealkylation sites (tertiary alicyclic amines) is 2. The predicted octanol–water partition coefficient (Wildman–Crippen LogP) is 12.1. The third kappa shape index (κ3) is 15.8. The van der Waals surface area contributed by atoms with E-state index in [1.54, 1.807) is 55.1 Å². The summed E-state index contributed by atoms with van der Waals surface area (Å²) in [5.74, 6) is -7.57. The zero-order chi connectivity index (χ0) is 59.7. The van der Waals surface area contributed by atoms with Gasteiger partial charge in [-0.25, -0.2) is 22.4 Å². The van der Waals surface area contributed by atoms with Gasteiger partial charge in [-0.05, 0) is 96.1 Å². The molecule has 0 radical (unpaired) electrons. The van der Waals surface area contributed by atoms with Crippen molar-refractivity contribution in [2.45, 2.75) is 63.0 Å². The number of furan rings is 2. The van der Waals surface area contributed by atoms with Crippen LogP contribution in [0.4, 0.5) is 43.9 Å². The molecule has 83 heavy (non-hydrogen) atoms. The first-order chi connectivity index (χ1) is 39.3. The topological polar surface area (TPSA) is 211 Å². The normalized spacial score (nSPS) is 15.2. The maximum absolute atomic E-state index is 14.0. The first-order valence-corrected chi connectivity index (χ1v) is 25.3. The van der Waals surface area contributed by atoms with Gasteiger partial charge in [-0.1, -0.05) is 12.1 Å². The predicted molar refractivity (Wildman–Crippen MR) is 283 cm³/mol. The van der Waals surface area contributed by atoms with Gasteiger partial charge >= 0.3 is 18.3 Å². The Bertz CT molecular complexity index is 3640. The summed E-state index contributed by atoms with van der Waals surface area (Å²) >= 11 is 0. The molecule has 0 bridgehead atoms. The molecular formula is C58H48F10N8O7. The number of carboxylic acids is 1. The summed E-state index contributed by atoms with van der Waals surface area (Å²) in [5.41, 5.74) is 5.38. The Hall–Kier alpha value is -9.26. The average molecular weight is 1160 g/mol. The molecule has 2 aliphatic heterocycles. The molecule has 432 valence electrons. The number of carbonyl (C=O) groups excluding carboxylic acids is 3. The number of hydrogen-bond donors (Lipinski definition) is 3.